The van der Waals surface area contributed by atoms with Gasteiger partial charge in [0.15, 0.2) is 0 Å². The van der Waals surface area contributed by atoms with Crippen molar-refractivity contribution in [3.63, 3.8) is 0 Å². The molecule has 0 bridgehead atoms. The first kappa shape index (κ1) is 10.5. The summed E-state index contributed by atoms with van der Waals surface area (Å²) in [6.45, 7) is -0.541. The van der Waals surface area contributed by atoms with E-state index >= 15 is 0 Å². The third-order valence-electron chi connectivity index (χ3n) is 2.07. The molecule has 0 aliphatic carbocycles. The molecule has 15 heavy (non-hydrogen) atoms. The summed E-state index contributed by atoms with van der Waals surface area (Å²) >= 11 is 0. The van der Waals surface area contributed by atoms with E-state index in [1.807, 2.05) is 5.32 Å². The lowest BCUT2D eigenvalue weighted by molar-refractivity contribution is -0.137. The summed E-state index contributed by atoms with van der Waals surface area (Å²) in [7, 11) is 0. The highest BCUT2D eigenvalue weighted by Gasteiger charge is 2.02. The molecule has 2 N–H and O–H groups in total. The van der Waals surface area contributed by atoms with Crippen LogP contribution in [0.4, 0.5) is 0 Å². The Hall–Kier alpha value is -1.06. The van der Waals surface area contributed by atoms with Crippen LogP contribution in [-0.2, 0) is 9.59 Å². The Morgan fingerprint density at radius 3 is 2.40 bits per heavy atom. The number of rotatable bonds is 9. The molecule has 0 aromatic rings. The fourth-order valence-corrected chi connectivity index (χ4v) is 1.25. The average Bonchev–Trinajstić information content (AvgIpc) is 2.22. The van der Waals surface area contributed by atoms with Gasteiger partial charge in [-0.2, -0.15) is 0 Å². The van der Waals surface area contributed by atoms with Gasteiger partial charge >= 0.3 is 5.97 Å². The molecule has 0 aliphatic heterocycles. The number of aliphatic carboxylic acids is 1. The Morgan fingerprint density at radius 1 is 1.20 bits per heavy atom. The van der Waals surface area contributed by atoms with Gasteiger partial charge in [0.1, 0.15) is 6.50 Å². The maximum atomic E-state index is 11.2. The minimum absolute atomic E-state index is 0.179. The van der Waals surface area contributed by atoms with Crippen LogP contribution in [0.2, 0.25) is 0 Å². The molecule has 1 amide bonds. The van der Waals surface area contributed by atoms with Gasteiger partial charge in [0.2, 0.25) is 5.91 Å². The van der Waals surface area contributed by atoms with Gasteiger partial charge < -0.3 is 10.4 Å². The zero-order valence-electron chi connectivity index (χ0n) is 11.2. The van der Waals surface area contributed by atoms with Crippen LogP contribution in [0.5, 0.6) is 0 Å². The van der Waals surface area contributed by atoms with Crippen molar-refractivity contribution in [2.24, 2.45) is 0 Å². The Kier molecular flexibility index (Phi) is 6.62. The molecule has 0 radical (unpaired) electrons. The highest BCUT2D eigenvalue weighted by atomic mass is 16.4. The van der Waals surface area contributed by atoms with E-state index in [0.717, 1.165) is 19.3 Å². The van der Waals surface area contributed by atoms with Gasteiger partial charge in [-0.15, -0.1) is 0 Å². The van der Waals surface area contributed by atoms with Crippen LogP contribution in [0.1, 0.15) is 54.6 Å². The minimum atomic E-state index is -2.67. The summed E-state index contributed by atoms with van der Waals surface area (Å²) in [4.78, 5) is 21.7. The summed E-state index contributed by atoms with van der Waals surface area (Å²) in [5.41, 5.74) is 0. The van der Waals surface area contributed by atoms with Crippen LogP contribution >= 0.6 is 0 Å². The van der Waals surface area contributed by atoms with E-state index in [9.17, 15) is 9.59 Å². The first-order valence-electron chi connectivity index (χ1n) is 6.44. The molecular weight excluding hydrogens is 194 g/mol. The Bertz CT molecular complexity index is 257. The molecule has 0 rings (SSSR count). The quantitative estimate of drug-likeness (QED) is 0.580. The molecule has 0 aromatic carbocycles. The molecule has 0 saturated heterocycles. The van der Waals surface area contributed by atoms with E-state index in [1.165, 1.54) is 12.8 Å². The van der Waals surface area contributed by atoms with Crippen LogP contribution in [-0.4, -0.2) is 23.5 Å². The lowest BCUT2D eigenvalue weighted by Gasteiger charge is -2.02. The molecule has 0 spiro atoms. The lowest BCUT2D eigenvalue weighted by Crippen LogP contribution is -2.28. The topological polar surface area (TPSA) is 66.4 Å². The predicted molar refractivity (Wildman–Crippen MR) is 58.6 cm³/mol. The SMILES string of the molecule is [2H]C([2H])(NC(=O)CCCCCCCC)C(=O)O. The fourth-order valence-electron chi connectivity index (χ4n) is 1.25. The lowest BCUT2D eigenvalue weighted by atomic mass is 10.1. The van der Waals surface area contributed by atoms with E-state index in [4.69, 9.17) is 7.85 Å². The monoisotopic (exact) mass is 217 g/mol. The Morgan fingerprint density at radius 2 is 1.80 bits per heavy atom. The number of carboxylic acid groups (broad SMARTS) is 1. The molecule has 0 atom stereocenters. The summed E-state index contributed by atoms with van der Waals surface area (Å²) < 4.78 is 14.0. The van der Waals surface area contributed by atoms with Gasteiger partial charge in [0.25, 0.3) is 0 Å². The summed E-state index contributed by atoms with van der Waals surface area (Å²) in [6.07, 6.45) is 6.34. The number of hydrogen-bond acceptors (Lipinski definition) is 2. The number of unbranched alkanes of at least 4 members (excludes halogenated alkanes) is 5. The van der Waals surface area contributed by atoms with E-state index in [-0.39, 0.29) is 6.42 Å². The molecular formula is C11H21NO3. The number of carboxylic acids is 1. The van der Waals surface area contributed by atoms with Gasteiger partial charge in [-0.1, -0.05) is 39.0 Å². The highest BCUT2D eigenvalue weighted by molar-refractivity contribution is 5.80. The van der Waals surface area contributed by atoms with E-state index in [2.05, 4.69) is 6.92 Å². The van der Waals surface area contributed by atoms with Crippen molar-refractivity contribution in [3.8, 4) is 0 Å². The third-order valence-corrected chi connectivity index (χ3v) is 2.07. The molecule has 0 saturated carbocycles. The molecule has 0 aliphatic rings. The van der Waals surface area contributed by atoms with Gasteiger partial charge in [-0.25, -0.2) is 0 Å². The summed E-state index contributed by atoms with van der Waals surface area (Å²) in [5, 5.41) is 10.3. The van der Waals surface area contributed by atoms with Crippen LogP contribution < -0.4 is 5.32 Å². The largest absolute Gasteiger partial charge is 0.480 e. The number of carbonyl (C=O) groups excluding carboxylic acids is 1. The maximum Gasteiger partial charge on any atom is 0.322 e. The number of hydrogen-bond donors (Lipinski definition) is 2. The van der Waals surface area contributed by atoms with Crippen molar-refractivity contribution < 1.29 is 17.4 Å². The molecule has 0 fully saturated rings. The molecule has 0 unspecified atom stereocenters. The number of carbonyl (C=O) groups is 2. The van der Waals surface area contributed by atoms with Gasteiger partial charge in [0, 0.05) is 6.42 Å². The van der Waals surface area contributed by atoms with Crippen molar-refractivity contribution in [3.05, 3.63) is 0 Å². The average molecular weight is 217 g/mol. The Labute approximate surface area is 93.9 Å². The third kappa shape index (κ3) is 10.9. The number of nitrogens with one attached hydrogen (secondary N) is 1. The van der Waals surface area contributed by atoms with Crippen LogP contribution in [0.15, 0.2) is 0 Å². The maximum absolute atomic E-state index is 11.2. The van der Waals surface area contributed by atoms with Crippen molar-refractivity contribution in [1.82, 2.24) is 5.32 Å². The van der Waals surface area contributed by atoms with Gasteiger partial charge in [0.05, 0.1) is 2.74 Å². The van der Waals surface area contributed by atoms with Crippen LogP contribution in [0, 0.1) is 0 Å². The van der Waals surface area contributed by atoms with Crippen molar-refractivity contribution >= 4 is 11.9 Å². The van der Waals surface area contributed by atoms with Crippen molar-refractivity contribution in [2.45, 2.75) is 51.9 Å². The summed E-state index contributed by atoms with van der Waals surface area (Å²) in [6, 6.07) is 0. The molecule has 88 valence electrons. The molecule has 4 nitrogen and oxygen atoms in total. The first-order valence-corrected chi connectivity index (χ1v) is 5.44. The molecule has 0 aromatic heterocycles. The molecule has 0 heterocycles. The highest BCUT2D eigenvalue weighted by Crippen LogP contribution is 2.06. The van der Waals surface area contributed by atoms with Crippen molar-refractivity contribution in [2.75, 3.05) is 6.50 Å². The van der Waals surface area contributed by atoms with Crippen molar-refractivity contribution in [1.29, 1.82) is 0 Å². The van der Waals surface area contributed by atoms with E-state index in [1.54, 1.807) is 0 Å². The number of amides is 1. The van der Waals surface area contributed by atoms with Gasteiger partial charge in [-0.05, 0) is 6.42 Å². The van der Waals surface area contributed by atoms with E-state index in [0.29, 0.717) is 6.42 Å². The second kappa shape index (κ2) is 9.49. The first-order chi connectivity index (χ1) is 7.90. The normalized spacial score (nSPS) is 12.9. The minimum Gasteiger partial charge on any atom is -0.480 e. The van der Waals surface area contributed by atoms with Gasteiger partial charge in [-0.3, -0.25) is 9.59 Å². The van der Waals surface area contributed by atoms with Crippen LogP contribution in [0.3, 0.4) is 0 Å². The zero-order chi connectivity index (χ0) is 13.3. The fraction of sp³-hybridized carbons (Fsp3) is 0.818. The Balaban J connectivity index is 3.63. The second-order valence-corrected chi connectivity index (χ2v) is 3.50. The van der Waals surface area contributed by atoms with E-state index < -0.39 is 18.4 Å². The van der Waals surface area contributed by atoms with Crippen LogP contribution in [0.25, 0.3) is 0 Å². The summed E-state index contributed by atoms with van der Waals surface area (Å²) in [5.74, 6) is -2.22. The standard InChI is InChI=1S/C11H21NO3/c1-2-3-4-5-6-7-8-10(13)12-9-11(14)15/h2-9H2,1H3,(H,12,13)(H,14,15)/i9D2. The smallest absolute Gasteiger partial charge is 0.322 e. The zero-order valence-corrected chi connectivity index (χ0v) is 9.21. The predicted octanol–water partition coefficient (Wildman–Crippen LogP) is 1.94. The second-order valence-electron chi connectivity index (χ2n) is 3.50. The molecule has 4 heteroatoms.